The van der Waals surface area contributed by atoms with Crippen molar-refractivity contribution in [1.29, 1.82) is 0 Å². The van der Waals surface area contributed by atoms with Gasteiger partial charge in [0.1, 0.15) is 0 Å². The summed E-state index contributed by atoms with van der Waals surface area (Å²) >= 11 is 9.83. The maximum Gasteiger partial charge on any atom is 0.262 e. The van der Waals surface area contributed by atoms with Crippen LogP contribution in [0.5, 0.6) is 0 Å². The van der Waals surface area contributed by atoms with Crippen LogP contribution in [0.3, 0.4) is 0 Å². The molecule has 0 spiro atoms. The Bertz CT molecular complexity index is 740. The standard InChI is InChI=1S/C12H9Br3N2O2S/c13-7-2-1-3-9(4-7)20(18,19)17-12-10(14)5-8(16)6-11(12)15/h1-6,17H,16H2. The first-order valence-electron chi connectivity index (χ1n) is 5.32. The molecule has 0 amide bonds. The molecule has 2 aromatic rings. The van der Waals surface area contributed by atoms with E-state index < -0.39 is 10.0 Å². The average Bonchev–Trinajstić information content (AvgIpc) is 2.34. The number of nitrogens with two attached hydrogens (primary N) is 1. The van der Waals surface area contributed by atoms with Crippen LogP contribution in [0.1, 0.15) is 0 Å². The highest BCUT2D eigenvalue weighted by Crippen LogP contribution is 2.35. The summed E-state index contributed by atoms with van der Waals surface area (Å²) in [5, 5.41) is 0. The summed E-state index contributed by atoms with van der Waals surface area (Å²) in [4.78, 5) is 0.169. The topological polar surface area (TPSA) is 72.2 Å². The van der Waals surface area contributed by atoms with Gasteiger partial charge < -0.3 is 5.73 Å². The molecule has 0 unspecified atom stereocenters. The molecular weight excluding hydrogens is 476 g/mol. The van der Waals surface area contributed by atoms with Gasteiger partial charge in [0.2, 0.25) is 0 Å². The molecule has 0 aliphatic heterocycles. The smallest absolute Gasteiger partial charge is 0.262 e. The molecule has 0 fully saturated rings. The van der Waals surface area contributed by atoms with Crippen LogP contribution >= 0.6 is 47.8 Å². The minimum atomic E-state index is -3.67. The number of hydrogen-bond acceptors (Lipinski definition) is 3. The second-order valence-corrected chi connectivity index (χ2v) is 8.23. The fourth-order valence-electron chi connectivity index (χ4n) is 1.52. The Morgan fingerprint density at radius 3 is 2.15 bits per heavy atom. The number of nitrogen functional groups attached to an aromatic ring is 1. The molecule has 0 saturated heterocycles. The quantitative estimate of drug-likeness (QED) is 0.636. The Kier molecular flexibility index (Phi) is 4.78. The minimum Gasteiger partial charge on any atom is -0.399 e. The van der Waals surface area contributed by atoms with E-state index in [9.17, 15) is 8.42 Å². The minimum absolute atomic E-state index is 0.169. The molecule has 0 aromatic heterocycles. The second-order valence-electron chi connectivity index (χ2n) is 3.92. The van der Waals surface area contributed by atoms with Crippen molar-refractivity contribution >= 4 is 69.2 Å². The molecule has 2 aromatic carbocycles. The van der Waals surface area contributed by atoms with Gasteiger partial charge in [0.05, 0.1) is 10.6 Å². The Morgan fingerprint density at radius 1 is 1.00 bits per heavy atom. The van der Waals surface area contributed by atoms with Gasteiger partial charge >= 0.3 is 0 Å². The van der Waals surface area contributed by atoms with Crippen molar-refractivity contribution in [1.82, 2.24) is 0 Å². The van der Waals surface area contributed by atoms with Gasteiger partial charge in [-0.05, 0) is 62.2 Å². The van der Waals surface area contributed by atoms with Crippen molar-refractivity contribution in [2.24, 2.45) is 0 Å². The van der Waals surface area contributed by atoms with E-state index in [1.54, 1.807) is 24.3 Å². The molecule has 0 heterocycles. The Morgan fingerprint density at radius 2 is 1.60 bits per heavy atom. The predicted octanol–water partition coefficient (Wildman–Crippen LogP) is 4.36. The number of hydrogen-bond donors (Lipinski definition) is 2. The van der Waals surface area contributed by atoms with Crippen LogP contribution in [0.15, 0.2) is 54.7 Å². The highest BCUT2D eigenvalue weighted by molar-refractivity contribution is 9.11. The largest absolute Gasteiger partial charge is 0.399 e. The van der Waals surface area contributed by atoms with E-state index in [0.29, 0.717) is 24.8 Å². The van der Waals surface area contributed by atoms with Gasteiger partial charge in [-0.15, -0.1) is 0 Å². The second kappa shape index (κ2) is 6.05. The van der Waals surface area contributed by atoms with Crippen LogP contribution in [-0.2, 0) is 10.0 Å². The summed E-state index contributed by atoms with van der Waals surface area (Å²) in [5.74, 6) is 0. The Balaban J connectivity index is 2.44. The first kappa shape index (κ1) is 15.8. The van der Waals surface area contributed by atoms with Crippen LogP contribution in [0.2, 0.25) is 0 Å². The third kappa shape index (κ3) is 3.55. The van der Waals surface area contributed by atoms with E-state index in [4.69, 9.17) is 5.73 Å². The maximum absolute atomic E-state index is 12.3. The fourth-order valence-corrected chi connectivity index (χ4v) is 4.90. The van der Waals surface area contributed by atoms with Crippen molar-refractivity contribution in [3.8, 4) is 0 Å². The molecule has 20 heavy (non-hydrogen) atoms. The van der Waals surface area contributed by atoms with Gasteiger partial charge in [-0.25, -0.2) is 8.42 Å². The van der Waals surface area contributed by atoms with Gasteiger partial charge in [0.15, 0.2) is 0 Å². The van der Waals surface area contributed by atoms with Crippen LogP contribution in [0, 0.1) is 0 Å². The van der Waals surface area contributed by atoms with Crippen molar-refractivity contribution in [2.45, 2.75) is 4.90 Å². The van der Waals surface area contributed by atoms with Crippen molar-refractivity contribution in [3.05, 3.63) is 49.8 Å². The molecule has 0 radical (unpaired) electrons. The molecule has 0 saturated carbocycles. The fraction of sp³-hybridized carbons (Fsp3) is 0. The summed E-state index contributed by atoms with van der Waals surface area (Å²) < 4.78 is 29.0. The number of benzene rings is 2. The maximum atomic E-state index is 12.3. The number of anilines is 2. The summed E-state index contributed by atoms with van der Waals surface area (Å²) in [6.07, 6.45) is 0. The van der Waals surface area contributed by atoms with Gasteiger partial charge in [0, 0.05) is 19.1 Å². The summed E-state index contributed by atoms with van der Waals surface area (Å²) in [7, 11) is -3.67. The molecular formula is C12H9Br3N2O2S. The molecule has 2 rings (SSSR count). The van der Waals surface area contributed by atoms with Gasteiger partial charge in [-0.3, -0.25) is 4.72 Å². The van der Waals surface area contributed by atoms with E-state index in [1.165, 1.54) is 12.1 Å². The zero-order chi connectivity index (χ0) is 14.9. The van der Waals surface area contributed by atoms with Crippen LogP contribution in [0.25, 0.3) is 0 Å². The summed E-state index contributed by atoms with van der Waals surface area (Å²) in [6, 6.07) is 9.72. The monoisotopic (exact) mass is 482 g/mol. The normalized spacial score (nSPS) is 11.3. The lowest BCUT2D eigenvalue weighted by molar-refractivity contribution is 0.601. The van der Waals surface area contributed by atoms with E-state index in [-0.39, 0.29) is 4.90 Å². The molecule has 0 aliphatic rings. The molecule has 8 heteroatoms. The number of nitrogens with one attached hydrogen (secondary N) is 1. The number of sulfonamides is 1. The van der Waals surface area contributed by atoms with Crippen molar-refractivity contribution < 1.29 is 8.42 Å². The molecule has 4 nitrogen and oxygen atoms in total. The zero-order valence-electron chi connectivity index (χ0n) is 9.90. The molecule has 0 atom stereocenters. The highest BCUT2D eigenvalue weighted by Gasteiger charge is 2.18. The first-order valence-corrected chi connectivity index (χ1v) is 9.19. The van der Waals surface area contributed by atoms with Crippen molar-refractivity contribution in [2.75, 3.05) is 10.5 Å². The molecule has 0 aliphatic carbocycles. The lowest BCUT2D eigenvalue weighted by atomic mass is 10.3. The van der Waals surface area contributed by atoms with Gasteiger partial charge in [-0.1, -0.05) is 22.0 Å². The van der Waals surface area contributed by atoms with Crippen molar-refractivity contribution in [3.63, 3.8) is 0 Å². The Labute approximate surface area is 142 Å². The average molecular weight is 485 g/mol. The SMILES string of the molecule is Nc1cc(Br)c(NS(=O)(=O)c2cccc(Br)c2)c(Br)c1. The van der Waals surface area contributed by atoms with Gasteiger partial charge in [0.25, 0.3) is 10.0 Å². The molecule has 3 N–H and O–H groups in total. The van der Waals surface area contributed by atoms with E-state index >= 15 is 0 Å². The first-order chi connectivity index (χ1) is 9.29. The van der Waals surface area contributed by atoms with Crippen LogP contribution < -0.4 is 10.5 Å². The van der Waals surface area contributed by atoms with Gasteiger partial charge in [-0.2, -0.15) is 0 Å². The Hall–Kier alpha value is -0.570. The van der Waals surface area contributed by atoms with E-state index in [2.05, 4.69) is 52.5 Å². The summed E-state index contributed by atoms with van der Waals surface area (Å²) in [6.45, 7) is 0. The predicted molar refractivity (Wildman–Crippen MR) is 91.2 cm³/mol. The molecule has 106 valence electrons. The third-order valence-corrected chi connectivity index (χ3v) is 5.50. The van der Waals surface area contributed by atoms with E-state index in [0.717, 1.165) is 0 Å². The summed E-state index contributed by atoms with van der Waals surface area (Å²) in [5.41, 5.74) is 6.60. The zero-order valence-corrected chi connectivity index (χ0v) is 15.5. The molecule has 0 bridgehead atoms. The lowest BCUT2D eigenvalue weighted by Gasteiger charge is -2.12. The highest BCUT2D eigenvalue weighted by atomic mass is 79.9. The van der Waals surface area contributed by atoms with Crippen LogP contribution in [-0.4, -0.2) is 8.42 Å². The van der Waals surface area contributed by atoms with E-state index in [1.807, 2.05) is 0 Å². The van der Waals surface area contributed by atoms with Crippen LogP contribution in [0.4, 0.5) is 11.4 Å². The number of rotatable bonds is 3. The number of halogens is 3. The third-order valence-electron chi connectivity index (χ3n) is 2.41. The lowest BCUT2D eigenvalue weighted by Crippen LogP contribution is -2.13.